The minimum atomic E-state index is -0.697. The van der Waals surface area contributed by atoms with Crippen LogP contribution >= 0.6 is 0 Å². The van der Waals surface area contributed by atoms with Gasteiger partial charge in [-0.25, -0.2) is 9.89 Å². The molecule has 4 N–H and O–H groups in total. The number of carbonyl (C=O) groups excluding carboxylic acids is 1. The minimum Gasteiger partial charge on any atom is -0.353 e. The monoisotopic (exact) mass is 255 g/mol. The lowest BCUT2D eigenvalue weighted by Crippen LogP contribution is -2.48. The molecule has 1 unspecified atom stereocenters. The quantitative estimate of drug-likeness (QED) is 0.562. The summed E-state index contributed by atoms with van der Waals surface area (Å²) in [4.78, 5) is 35.9. The van der Waals surface area contributed by atoms with Crippen LogP contribution in [0, 0.1) is 0 Å². The van der Waals surface area contributed by atoms with Gasteiger partial charge in [0.15, 0.2) is 0 Å². The molecule has 1 atom stereocenters. The largest absolute Gasteiger partial charge is 0.353 e. The Morgan fingerprint density at radius 2 is 1.94 bits per heavy atom. The van der Waals surface area contributed by atoms with Gasteiger partial charge in [-0.3, -0.25) is 14.6 Å². The van der Waals surface area contributed by atoms with Crippen LogP contribution in [0.4, 0.5) is 5.82 Å². The molecule has 0 fully saturated rings. The summed E-state index contributed by atoms with van der Waals surface area (Å²) in [5.74, 6) is -0.374. The lowest BCUT2D eigenvalue weighted by molar-refractivity contribution is -0.122. The molecule has 0 aliphatic heterocycles. The van der Waals surface area contributed by atoms with E-state index in [2.05, 4.69) is 20.8 Å². The molecule has 0 aliphatic carbocycles. The first-order valence-electron chi connectivity index (χ1n) is 5.46. The summed E-state index contributed by atoms with van der Waals surface area (Å²) in [6, 6.07) is -0.649. The fourth-order valence-corrected chi connectivity index (χ4v) is 1.19. The summed E-state index contributed by atoms with van der Waals surface area (Å²) < 4.78 is 0. The van der Waals surface area contributed by atoms with Crippen LogP contribution < -0.4 is 21.9 Å². The van der Waals surface area contributed by atoms with Crippen molar-refractivity contribution >= 4 is 11.7 Å². The molecule has 0 saturated heterocycles. The van der Waals surface area contributed by atoms with Crippen LogP contribution in [-0.4, -0.2) is 32.7 Å². The van der Waals surface area contributed by atoms with E-state index in [4.69, 9.17) is 0 Å². The van der Waals surface area contributed by atoms with E-state index in [9.17, 15) is 14.4 Å². The van der Waals surface area contributed by atoms with Crippen molar-refractivity contribution < 1.29 is 4.79 Å². The van der Waals surface area contributed by atoms with Crippen molar-refractivity contribution in [1.29, 1.82) is 0 Å². The van der Waals surface area contributed by atoms with E-state index >= 15 is 0 Å². The molecule has 1 heterocycles. The van der Waals surface area contributed by atoms with Gasteiger partial charge in [0.1, 0.15) is 6.04 Å². The van der Waals surface area contributed by atoms with Crippen molar-refractivity contribution in [3.63, 3.8) is 0 Å². The zero-order valence-electron chi connectivity index (χ0n) is 10.7. The normalized spacial score (nSPS) is 12.9. The molecule has 1 aromatic rings. The maximum absolute atomic E-state index is 11.8. The molecule has 18 heavy (non-hydrogen) atoms. The maximum atomic E-state index is 11.8. The van der Waals surface area contributed by atoms with E-state index in [0.717, 1.165) is 0 Å². The molecule has 0 aromatic carbocycles. The zero-order chi connectivity index (χ0) is 13.9. The zero-order valence-corrected chi connectivity index (χ0v) is 10.7. The SMILES string of the molecule is CC(Nc1n[nH]c(=O)[nH]c1=O)C(=O)NC(C)(C)C. The molecule has 1 aromatic heterocycles. The number of rotatable bonds is 3. The molecule has 8 heteroatoms. The Hall–Kier alpha value is -2.12. The number of aromatic amines is 2. The molecule has 0 spiro atoms. The third kappa shape index (κ3) is 4.04. The van der Waals surface area contributed by atoms with E-state index in [1.54, 1.807) is 6.92 Å². The Kier molecular flexibility index (Phi) is 3.89. The van der Waals surface area contributed by atoms with Gasteiger partial charge in [0.25, 0.3) is 5.56 Å². The van der Waals surface area contributed by atoms with Crippen LogP contribution in [0.2, 0.25) is 0 Å². The van der Waals surface area contributed by atoms with Crippen molar-refractivity contribution in [2.45, 2.75) is 39.3 Å². The van der Waals surface area contributed by atoms with E-state index in [1.165, 1.54) is 0 Å². The number of H-pyrrole nitrogens is 2. The van der Waals surface area contributed by atoms with Gasteiger partial charge < -0.3 is 10.6 Å². The van der Waals surface area contributed by atoms with E-state index in [-0.39, 0.29) is 17.3 Å². The van der Waals surface area contributed by atoms with Gasteiger partial charge in [-0.1, -0.05) is 0 Å². The summed E-state index contributed by atoms with van der Waals surface area (Å²) in [6.07, 6.45) is 0. The second kappa shape index (κ2) is 5.03. The average Bonchev–Trinajstić information content (AvgIpc) is 2.19. The predicted octanol–water partition coefficient (Wildman–Crippen LogP) is -0.827. The summed E-state index contributed by atoms with van der Waals surface area (Å²) in [5, 5.41) is 11.0. The highest BCUT2D eigenvalue weighted by Gasteiger charge is 2.20. The lowest BCUT2D eigenvalue weighted by Gasteiger charge is -2.23. The van der Waals surface area contributed by atoms with Crippen LogP contribution in [0.15, 0.2) is 9.59 Å². The molecular formula is C10H17N5O3. The van der Waals surface area contributed by atoms with Gasteiger partial charge in [-0.15, -0.1) is 5.10 Å². The van der Waals surface area contributed by atoms with E-state index in [0.29, 0.717) is 0 Å². The van der Waals surface area contributed by atoms with Gasteiger partial charge in [0.2, 0.25) is 11.7 Å². The van der Waals surface area contributed by atoms with Gasteiger partial charge in [-0.05, 0) is 27.7 Å². The number of anilines is 1. The number of aromatic nitrogens is 3. The molecular weight excluding hydrogens is 238 g/mol. The number of hydrogen-bond acceptors (Lipinski definition) is 5. The highest BCUT2D eigenvalue weighted by molar-refractivity contribution is 5.84. The molecule has 1 rings (SSSR count). The van der Waals surface area contributed by atoms with Crippen molar-refractivity contribution in [1.82, 2.24) is 20.5 Å². The third-order valence-corrected chi connectivity index (χ3v) is 1.96. The van der Waals surface area contributed by atoms with E-state index < -0.39 is 17.3 Å². The number of amides is 1. The molecule has 0 bridgehead atoms. The Bertz CT molecular complexity index is 539. The molecule has 0 radical (unpaired) electrons. The fourth-order valence-electron chi connectivity index (χ4n) is 1.19. The molecule has 100 valence electrons. The Labute approximate surface area is 103 Å². The summed E-state index contributed by atoms with van der Waals surface area (Å²) >= 11 is 0. The molecule has 8 nitrogen and oxygen atoms in total. The van der Waals surface area contributed by atoms with Crippen molar-refractivity contribution in [3.8, 4) is 0 Å². The average molecular weight is 255 g/mol. The van der Waals surface area contributed by atoms with Crippen LogP contribution in [0.1, 0.15) is 27.7 Å². The summed E-state index contributed by atoms with van der Waals surface area (Å²) in [5.41, 5.74) is -1.73. The first kappa shape index (κ1) is 13.9. The van der Waals surface area contributed by atoms with E-state index in [1.807, 2.05) is 25.8 Å². The number of nitrogens with one attached hydrogen (secondary N) is 4. The van der Waals surface area contributed by atoms with Crippen molar-refractivity contribution in [2.24, 2.45) is 0 Å². The smallest absolute Gasteiger partial charge is 0.342 e. The van der Waals surface area contributed by atoms with Crippen molar-refractivity contribution in [3.05, 3.63) is 20.8 Å². The first-order valence-corrected chi connectivity index (χ1v) is 5.46. The highest BCUT2D eigenvalue weighted by atomic mass is 16.2. The maximum Gasteiger partial charge on any atom is 0.342 e. The highest BCUT2D eigenvalue weighted by Crippen LogP contribution is 2.01. The Balaban J connectivity index is 2.76. The third-order valence-electron chi connectivity index (χ3n) is 1.96. The topological polar surface area (TPSA) is 120 Å². The molecule has 1 amide bonds. The van der Waals surface area contributed by atoms with Gasteiger partial charge in [-0.2, -0.15) is 0 Å². The first-order chi connectivity index (χ1) is 8.19. The standard InChI is InChI=1S/C10H17N5O3/c1-5(7(16)13-10(2,3)4)11-6-8(17)12-9(18)15-14-6/h5H,1-4H3,(H,11,14)(H,13,16)(H2,12,15,17,18). The van der Waals surface area contributed by atoms with Crippen LogP contribution in [0.5, 0.6) is 0 Å². The fraction of sp³-hybridized carbons (Fsp3) is 0.600. The molecule has 0 aliphatic rings. The van der Waals surface area contributed by atoms with Crippen LogP contribution in [0.25, 0.3) is 0 Å². The van der Waals surface area contributed by atoms with Crippen molar-refractivity contribution in [2.75, 3.05) is 5.32 Å². The van der Waals surface area contributed by atoms with Crippen LogP contribution in [0.3, 0.4) is 0 Å². The number of carbonyl (C=O) groups is 1. The predicted molar refractivity (Wildman–Crippen MR) is 66.5 cm³/mol. The summed E-state index contributed by atoms with van der Waals surface area (Å²) in [7, 11) is 0. The number of nitrogens with zero attached hydrogens (tertiary/aromatic N) is 1. The van der Waals surface area contributed by atoms with Gasteiger partial charge in [0, 0.05) is 5.54 Å². The van der Waals surface area contributed by atoms with Gasteiger partial charge in [0.05, 0.1) is 0 Å². The van der Waals surface area contributed by atoms with Crippen LogP contribution in [-0.2, 0) is 4.79 Å². The Morgan fingerprint density at radius 1 is 1.33 bits per heavy atom. The second-order valence-electron chi connectivity index (χ2n) is 4.96. The summed E-state index contributed by atoms with van der Waals surface area (Å²) in [6.45, 7) is 7.14. The Morgan fingerprint density at radius 3 is 2.44 bits per heavy atom. The van der Waals surface area contributed by atoms with Gasteiger partial charge >= 0.3 is 5.69 Å². The number of hydrogen-bond donors (Lipinski definition) is 4. The lowest BCUT2D eigenvalue weighted by atomic mass is 10.1. The minimum absolute atomic E-state index is 0.105. The second-order valence-corrected chi connectivity index (χ2v) is 4.96. The molecule has 0 saturated carbocycles.